The van der Waals surface area contributed by atoms with Crippen molar-refractivity contribution < 1.29 is 4.79 Å². The summed E-state index contributed by atoms with van der Waals surface area (Å²) in [7, 11) is 3.49. The number of carbonyl (C=O) groups excluding carboxylic acids is 1. The Balaban J connectivity index is 1.99. The van der Waals surface area contributed by atoms with E-state index in [4.69, 9.17) is 11.6 Å². The number of benzene rings is 1. The number of hydrogen-bond acceptors (Lipinski definition) is 3. The minimum atomic E-state index is 0.00768. The molecule has 1 saturated heterocycles. The molecule has 2 N–H and O–H groups in total. The van der Waals surface area contributed by atoms with Crippen LogP contribution in [0.4, 0.5) is 0 Å². The molecule has 1 atom stereocenters. The fraction of sp³-hybridized carbons (Fsp3) is 0.579. The fourth-order valence-corrected chi connectivity index (χ4v) is 3.24. The minimum absolute atomic E-state index is 0.00768. The number of carbonyl (C=O) groups is 1. The minimum Gasteiger partial charge on any atom is -0.355 e. The number of nitrogens with one attached hydrogen (secondary N) is 2. The molecule has 1 aliphatic rings. The monoisotopic (exact) mass is 379 g/mol. The van der Waals surface area contributed by atoms with Gasteiger partial charge in [0.25, 0.3) is 0 Å². The van der Waals surface area contributed by atoms with Gasteiger partial charge in [0.15, 0.2) is 5.96 Å². The number of likely N-dealkylation sites (tertiary alicyclic amines) is 1. The number of hydrogen-bond donors (Lipinski definition) is 2. The first-order chi connectivity index (χ1) is 12.5. The van der Waals surface area contributed by atoms with E-state index in [2.05, 4.69) is 27.4 Å². The number of rotatable bonds is 7. The maximum atomic E-state index is 11.9. The Morgan fingerprint density at radius 1 is 1.35 bits per heavy atom. The van der Waals surface area contributed by atoms with Crippen LogP contribution in [-0.2, 0) is 11.3 Å². The van der Waals surface area contributed by atoms with Gasteiger partial charge in [0.05, 0.1) is 13.1 Å². The average molecular weight is 380 g/mol. The van der Waals surface area contributed by atoms with Gasteiger partial charge in [-0.05, 0) is 37.6 Å². The zero-order valence-corrected chi connectivity index (χ0v) is 16.7. The Hall–Kier alpha value is -1.79. The van der Waals surface area contributed by atoms with E-state index in [1.807, 2.05) is 24.3 Å². The van der Waals surface area contributed by atoms with Crippen LogP contribution in [0.5, 0.6) is 0 Å². The summed E-state index contributed by atoms with van der Waals surface area (Å²) in [6, 6.07) is 8.19. The number of guanidine groups is 1. The lowest BCUT2D eigenvalue weighted by molar-refractivity contribution is -0.127. The molecule has 6 nitrogen and oxygen atoms in total. The van der Waals surface area contributed by atoms with Gasteiger partial charge in [-0.2, -0.15) is 0 Å². The molecule has 1 aromatic rings. The number of nitrogens with zero attached hydrogens (tertiary/aromatic N) is 3. The first-order valence-electron chi connectivity index (χ1n) is 9.21. The lowest BCUT2D eigenvalue weighted by Gasteiger charge is -2.24. The molecule has 0 spiro atoms. The summed E-state index contributed by atoms with van der Waals surface area (Å²) in [5.74, 6) is 0.649. The zero-order valence-electron chi connectivity index (χ0n) is 16.0. The van der Waals surface area contributed by atoms with E-state index in [1.165, 1.54) is 12.8 Å². The fourth-order valence-electron chi connectivity index (χ4n) is 3.04. The molecule has 2 rings (SSSR count). The van der Waals surface area contributed by atoms with Crippen LogP contribution >= 0.6 is 11.6 Å². The van der Waals surface area contributed by atoms with Gasteiger partial charge in [0.1, 0.15) is 0 Å². The summed E-state index contributed by atoms with van der Waals surface area (Å²) in [5, 5.41) is 7.23. The molecule has 26 heavy (non-hydrogen) atoms. The summed E-state index contributed by atoms with van der Waals surface area (Å²) in [6.45, 7) is 5.90. The number of aliphatic imine (C=N–C) groups is 1. The predicted octanol–water partition coefficient (Wildman–Crippen LogP) is 1.95. The first kappa shape index (κ1) is 20.5. The SMILES string of the molecule is CCN1CCCC1CNC(=NCc1ccccc1Cl)NCC(=O)N(C)C. The maximum Gasteiger partial charge on any atom is 0.241 e. The van der Waals surface area contributed by atoms with E-state index in [0.29, 0.717) is 23.6 Å². The Morgan fingerprint density at radius 2 is 2.12 bits per heavy atom. The van der Waals surface area contributed by atoms with E-state index in [9.17, 15) is 4.79 Å². The highest BCUT2D eigenvalue weighted by Gasteiger charge is 2.22. The van der Waals surface area contributed by atoms with Crippen molar-refractivity contribution in [2.45, 2.75) is 32.4 Å². The zero-order chi connectivity index (χ0) is 18.9. The van der Waals surface area contributed by atoms with Crippen LogP contribution in [0.15, 0.2) is 29.3 Å². The van der Waals surface area contributed by atoms with Crippen molar-refractivity contribution in [1.29, 1.82) is 0 Å². The highest BCUT2D eigenvalue weighted by molar-refractivity contribution is 6.31. The van der Waals surface area contributed by atoms with Gasteiger partial charge in [-0.1, -0.05) is 36.7 Å². The summed E-state index contributed by atoms with van der Waals surface area (Å²) >= 11 is 6.22. The number of amides is 1. The van der Waals surface area contributed by atoms with Crippen LogP contribution in [0.2, 0.25) is 5.02 Å². The average Bonchev–Trinajstić information content (AvgIpc) is 3.09. The molecule has 1 unspecified atom stereocenters. The summed E-state index contributed by atoms with van der Waals surface area (Å²) < 4.78 is 0. The van der Waals surface area contributed by atoms with E-state index in [0.717, 1.165) is 25.2 Å². The highest BCUT2D eigenvalue weighted by Crippen LogP contribution is 2.16. The third-order valence-corrected chi connectivity index (χ3v) is 5.05. The second kappa shape index (κ2) is 10.4. The van der Waals surface area contributed by atoms with Crippen LogP contribution < -0.4 is 10.6 Å². The van der Waals surface area contributed by atoms with Gasteiger partial charge < -0.3 is 15.5 Å². The number of likely N-dealkylation sites (N-methyl/N-ethyl adjacent to an activating group) is 2. The van der Waals surface area contributed by atoms with Crippen molar-refractivity contribution in [3.8, 4) is 0 Å². The summed E-state index contributed by atoms with van der Waals surface area (Å²) in [4.78, 5) is 20.5. The Labute approximate surface area is 161 Å². The molecule has 0 bridgehead atoms. The Bertz CT molecular complexity index is 620. The lowest BCUT2D eigenvalue weighted by Crippen LogP contribution is -2.47. The molecule has 1 heterocycles. The van der Waals surface area contributed by atoms with Gasteiger partial charge in [0.2, 0.25) is 5.91 Å². The molecule has 1 fully saturated rings. The van der Waals surface area contributed by atoms with Crippen molar-refractivity contribution >= 4 is 23.5 Å². The molecule has 1 aromatic carbocycles. The summed E-state index contributed by atoms with van der Waals surface area (Å²) in [5.41, 5.74) is 0.963. The predicted molar refractivity (Wildman–Crippen MR) is 108 cm³/mol. The van der Waals surface area contributed by atoms with Crippen LogP contribution in [0.25, 0.3) is 0 Å². The van der Waals surface area contributed by atoms with E-state index >= 15 is 0 Å². The normalized spacial score (nSPS) is 18.0. The van der Waals surface area contributed by atoms with Crippen LogP contribution in [-0.4, -0.2) is 68.0 Å². The van der Waals surface area contributed by atoms with Crippen molar-refractivity contribution in [2.75, 3.05) is 40.3 Å². The molecule has 1 aliphatic heterocycles. The molecule has 0 aliphatic carbocycles. The quantitative estimate of drug-likeness (QED) is 0.561. The highest BCUT2D eigenvalue weighted by atomic mass is 35.5. The van der Waals surface area contributed by atoms with Gasteiger partial charge in [-0.3, -0.25) is 9.69 Å². The van der Waals surface area contributed by atoms with Crippen LogP contribution in [0, 0.1) is 0 Å². The van der Waals surface area contributed by atoms with Gasteiger partial charge in [0, 0.05) is 31.7 Å². The molecular weight excluding hydrogens is 350 g/mol. The molecule has 0 radical (unpaired) electrons. The van der Waals surface area contributed by atoms with Gasteiger partial charge >= 0.3 is 0 Å². The molecule has 7 heteroatoms. The molecule has 0 saturated carbocycles. The largest absolute Gasteiger partial charge is 0.355 e. The third kappa shape index (κ3) is 6.18. The van der Waals surface area contributed by atoms with Crippen molar-refractivity contribution in [2.24, 2.45) is 4.99 Å². The lowest BCUT2D eigenvalue weighted by atomic mass is 10.2. The van der Waals surface area contributed by atoms with Gasteiger partial charge in [-0.15, -0.1) is 0 Å². The molecule has 1 amide bonds. The first-order valence-corrected chi connectivity index (χ1v) is 9.58. The second-order valence-electron chi connectivity index (χ2n) is 6.70. The smallest absolute Gasteiger partial charge is 0.241 e. The van der Waals surface area contributed by atoms with Crippen molar-refractivity contribution in [1.82, 2.24) is 20.4 Å². The van der Waals surface area contributed by atoms with E-state index < -0.39 is 0 Å². The summed E-state index contributed by atoms with van der Waals surface area (Å²) in [6.07, 6.45) is 2.42. The van der Waals surface area contributed by atoms with Crippen molar-refractivity contribution in [3.05, 3.63) is 34.9 Å². The van der Waals surface area contributed by atoms with Crippen molar-refractivity contribution in [3.63, 3.8) is 0 Å². The Morgan fingerprint density at radius 3 is 2.81 bits per heavy atom. The standard InChI is InChI=1S/C19H30ClN5O/c1-4-25-11-7-9-16(25)13-22-19(23-14-18(26)24(2)3)21-12-15-8-5-6-10-17(15)20/h5-6,8,10,16H,4,7,9,11-14H2,1-3H3,(H2,21,22,23). The third-order valence-electron chi connectivity index (χ3n) is 4.68. The Kier molecular flexibility index (Phi) is 8.19. The van der Waals surface area contributed by atoms with E-state index in [1.54, 1.807) is 19.0 Å². The van der Waals surface area contributed by atoms with Gasteiger partial charge in [-0.25, -0.2) is 4.99 Å². The van der Waals surface area contributed by atoms with Crippen LogP contribution in [0.3, 0.4) is 0 Å². The van der Waals surface area contributed by atoms with Crippen LogP contribution in [0.1, 0.15) is 25.3 Å². The second-order valence-corrected chi connectivity index (χ2v) is 7.11. The van der Waals surface area contributed by atoms with E-state index in [-0.39, 0.29) is 12.5 Å². The molecule has 0 aromatic heterocycles. The maximum absolute atomic E-state index is 11.9. The molecular formula is C19H30ClN5O. The topological polar surface area (TPSA) is 60.0 Å². The molecule has 144 valence electrons. The number of halogens is 1.